The highest BCUT2D eigenvalue weighted by molar-refractivity contribution is 7.89. The lowest BCUT2D eigenvalue weighted by molar-refractivity contribution is 0.345. The van der Waals surface area contributed by atoms with E-state index in [0.717, 1.165) is 54.9 Å². The number of aromatic nitrogens is 3. The van der Waals surface area contributed by atoms with Crippen LogP contribution in [0.3, 0.4) is 0 Å². The molecule has 7 heteroatoms. The van der Waals surface area contributed by atoms with Crippen molar-refractivity contribution in [2.24, 2.45) is 11.8 Å². The van der Waals surface area contributed by atoms with E-state index in [9.17, 15) is 8.42 Å². The molecule has 3 aromatic heterocycles. The highest BCUT2D eigenvalue weighted by atomic mass is 32.2. The topological polar surface area (TPSA) is 87.7 Å². The van der Waals surface area contributed by atoms with Gasteiger partial charge in [0.15, 0.2) is 5.65 Å². The fraction of sp³-hybridized carbons (Fsp3) is 0.524. The Hall–Kier alpha value is -1.99. The number of H-pyrrole nitrogens is 1. The lowest BCUT2D eigenvalue weighted by atomic mass is 9.80. The monoisotopic (exact) mass is 398 g/mol. The Morgan fingerprint density at radius 3 is 2.61 bits per heavy atom. The lowest BCUT2D eigenvalue weighted by Crippen LogP contribution is -2.32. The Kier molecular flexibility index (Phi) is 4.59. The number of aromatic amines is 1. The predicted octanol–water partition coefficient (Wildman–Crippen LogP) is 3.71. The van der Waals surface area contributed by atoms with E-state index < -0.39 is 10.0 Å². The summed E-state index contributed by atoms with van der Waals surface area (Å²) in [6, 6.07) is 4.09. The van der Waals surface area contributed by atoms with Crippen LogP contribution in [0.1, 0.15) is 50.1 Å². The van der Waals surface area contributed by atoms with E-state index in [1.54, 1.807) is 0 Å². The number of hydrogen-bond donors (Lipinski definition) is 2. The summed E-state index contributed by atoms with van der Waals surface area (Å²) >= 11 is 0. The fourth-order valence-electron chi connectivity index (χ4n) is 4.57. The van der Waals surface area contributed by atoms with Gasteiger partial charge in [0, 0.05) is 47.0 Å². The van der Waals surface area contributed by atoms with Gasteiger partial charge in [0.2, 0.25) is 10.0 Å². The van der Waals surface area contributed by atoms with Gasteiger partial charge in [-0.05, 0) is 68.4 Å². The zero-order valence-corrected chi connectivity index (χ0v) is 16.7. The van der Waals surface area contributed by atoms with E-state index in [2.05, 4.69) is 25.7 Å². The molecule has 0 aliphatic heterocycles. The Morgan fingerprint density at radius 1 is 1.04 bits per heavy atom. The molecule has 0 spiro atoms. The highest BCUT2D eigenvalue weighted by Crippen LogP contribution is 2.39. The molecular weight excluding hydrogens is 372 g/mol. The summed E-state index contributed by atoms with van der Waals surface area (Å²) in [6.07, 6.45) is 11.9. The van der Waals surface area contributed by atoms with Gasteiger partial charge in [-0.1, -0.05) is 0 Å². The van der Waals surface area contributed by atoms with Gasteiger partial charge in [-0.25, -0.2) is 23.1 Å². The molecule has 2 aliphatic carbocycles. The van der Waals surface area contributed by atoms with Gasteiger partial charge >= 0.3 is 0 Å². The van der Waals surface area contributed by atoms with Gasteiger partial charge in [-0.3, -0.25) is 0 Å². The maximum absolute atomic E-state index is 12.3. The molecule has 0 radical (unpaired) electrons. The van der Waals surface area contributed by atoms with Crippen LogP contribution in [0, 0.1) is 11.8 Å². The Balaban J connectivity index is 1.31. The summed E-state index contributed by atoms with van der Waals surface area (Å²) in [6.45, 7) is 0.625. The second-order valence-corrected chi connectivity index (χ2v) is 10.3. The molecule has 0 saturated heterocycles. The molecule has 3 aromatic rings. The SMILES string of the molecule is O=S(=O)(CC1CCC(c2[nH]ccc3cnc4nccc4c23)CC1)NCC1CC1. The molecule has 0 atom stereocenters. The van der Waals surface area contributed by atoms with Gasteiger partial charge in [0.1, 0.15) is 0 Å². The number of sulfonamides is 1. The highest BCUT2D eigenvalue weighted by Gasteiger charge is 2.29. The first-order valence-corrected chi connectivity index (χ1v) is 11.9. The van der Waals surface area contributed by atoms with Crippen LogP contribution >= 0.6 is 0 Å². The number of rotatable bonds is 6. The second kappa shape index (κ2) is 7.12. The first-order valence-electron chi connectivity index (χ1n) is 10.3. The van der Waals surface area contributed by atoms with Crippen LogP contribution < -0.4 is 4.72 Å². The van der Waals surface area contributed by atoms with Gasteiger partial charge in [-0.2, -0.15) is 0 Å². The van der Waals surface area contributed by atoms with Crippen LogP contribution in [0.4, 0.5) is 0 Å². The quantitative estimate of drug-likeness (QED) is 0.662. The molecule has 2 saturated carbocycles. The molecule has 28 heavy (non-hydrogen) atoms. The third-order valence-electron chi connectivity index (χ3n) is 6.33. The standard InChI is InChI=1S/C21H26N4O2S/c26-28(27,25-11-14-1-2-14)13-15-3-5-16(6-4-15)20-19-17(7-9-22-20)12-24-21-18(19)8-10-23-21/h7-10,12,14-16,22,25H,1-6,11,13H2. The molecule has 5 rings (SSSR count). The molecule has 6 nitrogen and oxygen atoms in total. The van der Waals surface area contributed by atoms with Crippen molar-refractivity contribution in [3.8, 4) is 0 Å². The average molecular weight is 399 g/mol. The van der Waals surface area contributed by atoms with Gasteiger partial charge < -0.3 is 4.98 Å². The summed E-state index contributed by atoms with van der Waals surface area (Å²) in [5.74, 6) is 1.52. The first kappa shape index (κ1) is 18.1. The number of fused-ring (bicyclic) bond motifs is 3. The van der Waals surface area contributed by atoms with Crippen molar-refractivity contribution >= 4 is 31.8 Å². The summed E-state index contributed by atoms with van der Waals surface area (Å²) in [7, 11) is -3.15. The molecular formula is C21H26N4O2S. The summed E-state index contributed by atoms with van der Waals surface area (Å²) < 4.78 is 27.5. The average Bonchev–Trinajstić information content (AvgIpc) is 3.41. The van der Waals surface area contributed by atoms with Gasteiger partial charge in [-0.15, -0.1) is 0 Å². The Bertz CT molecular complexity index is 1100. The summed E-state index contributed by atoms with van der Waals surface area (Å²) in [5, 5.41) is 3.44. The van der Waals surface area contributed by atoms with Crippen LogP contribution in [0.5, 0.6) is 0 Å². The van der Waals surface area contributed by atoms with Crippen molar-refractivity contribution in [3.63, 3.8) is 0 Å². The molecule has 148 valence electrons. The van der Waals surface area contributed by atoms with Crippen LogP contribution in [0.2, 0.25) is 0 Å². The molecule has 2 aliphatic rings. The molecule has 0 bridgehead atoms. The minimum Gasteiger partial charge on any atom is -0.364 e. The molecule has 0 aromatic carbocycles. The third-order valence-corrected chi connectivity index (χ3v) is 7.85. The predicted molar refractivity (Wildman–Crippen MR) is 111 cm³/mol. The van der Waals surface area contributed by atoms with Gasteiger partial charge in [0.05, 0.1) is 5.75 Å². The van der Waals surface area contributed by atoms with Crippen molar-refractivity contribution in [2.75, 3.05) is 12.3 Å². The van der Waals surface area contributed by atoms with Crippen molar-refractivity contribution in [3.05, 3.63) is 36.4 Å². The molecule has 0 unspecified atom stereocenters. The maximum atomic E-state index is 12.3. The normalized spacial score (nSPS) is 23.4. The van der Waals surface area contributed by atoms with Crippen molar-refractivity contribution < 1.29 is 8.42 Å². The van der Waals surface area contributed by atoms with E-state index >= 15 is 0 Å². The maximum Gasteiger partial charge on any atom is 0.211 e. The number of hydrogen-bond acceptors (Lipinski definition) is 4. The third kappa shape index (κ3) is 3.65. The van der Waals surface area contributed by atoms with Crippen LogP contribution in [-0.4, -0.2) is 35.7 Å². The largest absolute Gasteiger partial charge is 0.364 e. The number of pyridine rings is 2. The molecule has 3 heterocycles. The fourth-order valence-corrected chi connectivity index (χ4v) is 6.13. The number of nitrogens with zero attached hydrogens (tertiary/aromatic N) is 2. The molecule has 0 amide bonds. The van der Waals surface area contributed by atoms with E-state index in [0.29, 0.717) is 18.4 Å². The summed E-state index contributed by atoms with van der Waals surface area (Å²) in [5.41, 5.74) is 2.03. The minimum absolute atomic E-state index is 0.255. The second-order valence-electron chi connectivity index (χ2n) is 8.45. The van der Waals surface area contributed by atoms with E-state index in [1.807, 2.05) is 24.7 Å². The number of nitrogens with one attached hydrogen (secondary N) is 2. The van der Waals surface area contributed by atoms with Crippen LogP contribution in [0.25, 0.3) is 21.8 Å². The Labute approximate surface area is 165 Å². The minimum atomic E-state index is -3.15. The molecule has 2 fully saturated rings. The van der Waals surface area contributed by atoms with Crippen molar-refractivity contribution in [1.29, 1.82) is 0 Å². The zero-order chi connectivity index (χ0) is 19.1. The van der Waals surface area contributed by atoms with Crippen molar-refractivity contribution in [2.45, 2.75) is 44.4 Å². The van der Waals surface area contributed by atoms with Crippen LogP contribution in [0.15, 0.2) is 30.7 Å². The van der Waals surface area contributed by atoms with Crippen LogP contribution in [-0.2, 0) is 10.0 Å². The van der Waals surface area contributed by atoms with E-state index in [4.69, 9.17) is 0 Å². The first-order chi connectivity index (χ1) is 13.6. The van der Waals surface area contributed by atoms with Gasteiger partial charge in [0.25, 0.3) is 0 Å². The van der Waals surface area contributed by atoms with E-state index in [-0.39, 0.29) is 11.7 Å². The zero-order valence-electron chi connectivity index (χ0n) is 15.9. The lowest BCUT2D eigenvalue weighted by Gasteiger charge is -2.29. The molecule has 2 N–H and O–H groups in total. The summed E-state index contributed by atoms with van der Waals surface area (Å²) in [4.78, 5) is 12.3. The van der Waals surface area contributed by atoms with E-state index in [1.165, 1.54) is 11.1 Å². The Morgan fingerprint density at radius 2 is 1.82 bits per heavy atom. The smallest absolute Gasteiger partial charge is 0.211 e. The van der Waals surface area contributed by atoms with Crippen molar-refractivity contribution in [1.82, 2.24) is 19.7 Å².